The number of rotatable bonds is 3. The van der Waals surface area contributed by atoms with Gasteiger partial charge in [0.1, 0.15) is 5.54 Å². The Morgan fingerprint density at radius 1 is 1.33 bits per heavy atom. The second-order valence-electron chi connectivity index (χ2n) is 6.37. The number of hydrogen-bond acceptors (Lipinski definition) is 5. The van der Waals surface area contributed by atoms with Gasteiger partial charge in [0.15, 0.2) is 0 Å². The maximum atomic E-state index is 12.6. The Balaban J connectivity index is 1.82. The van der Waals surface area contributed by atoms with Gasteiger partial charge in [-0.05, 0) is 37.7 Å². The van der Waals surface area contributed by atoms with Gasteiger partial charge in [0.05, 0.1) is 16.7 Å². The number of para-hydroxylation sites is 1. The summed E-state index contributed by atoms with van der Waals surface area (Å²) in [5.74, 6) is 0.152. The third-order valence-corrected chi connectivity index (χ3v) is 4.71. The van der Waals surface area contributed by atoms with Crippen LogP contribution in [0.1, 0.15) is 38.2 Å². The first-order chi connectivity index (χ1) is 11.4. The van der Waals surface area contributed by atoms with Gasteiger partial charge in [0, 0.05) is 6.07 Å². The first kappa shape index (κ1) is 16.1. The van der Waals surface area contributed by atoms with E-state index in [0.29, 0.717) is 18.8 Å². The summed E-state index contributed by atoms with van der Waals surface area (Å²) in [6, 6.07) is 5.45. The molecular weight excluding hydrogens is 312 g/mol. The van der Waals surface area contributed by atoms with Gasteiger partial charge in [-0.1, -0.05) is 19.1 Å². The molecule has 126 valence electrons. The Morgan fingerprint density at radius 2 is 2.00 bits per heavy atom. The minimum absolute atomic E-state index is 0.130. The Bertz CT molecular complexity index is 723. The van der Waals surface area contributed by atoms with Crippen LogP contribution >= 0.6 is 0 Å². The van der Waals surface area contributed by atoms with Crippen molar-refractivity contribution < 1.29 is 14.5 Å². The van der Waals surface area contributed by atoms with E-state index in [4.69, 9.17) is 0 Å². The molecule has 1 spiro atoms. The van der Waals surface area contributed by atoms with Crippen molar-refractivity contribution in [1.82, 2.24) is 10.3 Å². The molecule has 8 nitrogen and oxygen atoms in total. The number of amides is 3. The third kappa shape index (κ3) is 2.75. The molecule has 1 saturated heterocycles. The monoisotopic (exact) mass is 330 g/mol. The molecule has 2 aliphatic rings. The number of hydrazone groups is 1. The van der Waals surface area contributed by atoms with E-state index in [1.54, 1.807) is 12.1 Å². The highest BCUT2D eigenvalue weighted by molar-refractivity contribution is 6.07. The second-order valence-corrected chi connectivity index (χ2v) is 6.37. The van der Waals surface area contributed by atoms with E-state index < -0.39 is 16.5 Å². The van der Waals surface area contributed by atoms with Crippen LogP contribution in [0.5, 0.6) is 0 Å². The first-order valence-electron chi connectivity index (χ1n) is 7.87. The molecule has 24 heavy (non-hydrogen) atoms. The standard InChI is InChI=1S/C16H18N4O4/c1-11-6-8-16(9-7-11)14(21)19(15(22)18-16)17-10-12-4-2-3-5-13(12)20(23)24/h2-5,10-11H,6-9H2,1H3,(H,18,22)/b17-10-. The molecule has 1 heterocycles. The van der Waals surface area contributed by atoms with Crippen LogP contribution in [0, 0.1) is 16.0 Å². The van der Waals surface area contributed by atoms with Crippen LogP contribution in [0.2, 0.25) is 0 Å². The van der Waals surface area contributed by atoms with Crippen molar-refractivity contribution in [2.75, 3.05) is 0 Å². The molecule has 0 unspecified atom stereocenters. The molecular formula is C16H18N4O4. The summed E-state index contributed by atoms with van der Waals surface area (Å²) in [6.07, 6.45) is 4.11. The average molecular weight is 330 g/mol. The maximum Gasteiger partial charge on any atom is 0.346 e. The lowest BCUT2D eigenvalue weighted by atomic mass is 9.77. The number of hydrogen-bond donors (Lipinski definition) is 1. The highest BCUT2D eigenvalue weighted by Crippen LogP contribution is 2.36. The van der Waals surface area contributed by atoms with Crippen LogP contribution < -0.4 is 5.32 Å². The molecule has 1 aliphatic heterocycles. The van der Waals surface area contributed by atoms with Gasteiger partial charge in [-0.25, -0.2) is 4.79 Å². The largest absolute Gasteiger partial charge is 0.346 e. The van der Waals surface area contributed by atoms with E-state index in [0.717, 1.165) is 17.9 Å². The quantitative estimate of drug-likeness (QED) is 0.397. The Labute approximate surface area is 138 Å². The molecule has 2 fully saturated rings. The molecule has 1 N–H and O–H groups in total. The van der Waals surface area contributed by atoms with E-state index >= 15 is 0 Å². The van der Waals surface area contributed by atoms with E-state index in [-0.39, 0.29) is 17.2 Å². The zero-order chi connectivity index (χ0) is 17.3. The lowest BCUT2D eigenvalue weighted by Crippen LogP contribution is -2.49. The number of nitrogens with zero attached hydrogens (tertiary/aromatic N) is 3. The molecule has 3 amide bonds. The zero-order valence-corrected chi connectivity index (χ0v) is 13.3. The summed E-state index contributed by atoms with van der Waals surface area (Å²) in [5, 5.41) is 18.5. The Kier molecular flexibility index (Phi) is 4.04. The van der Waals surface area contributed by atoms with Crippen molar-refractivity contribution in [2.24, 2.45) is 11.0 Å². The summed E-state index contributed by atoms with van der Waals surface area (Å²) >= 11 is 0. The van der Waals surface area contributed by atoms with E-state index in [9.17, 15) is 19.7 Å². The van der Waals surface area contributed by atoms with Crippen LogP contribution in [0.15, 0.2) is 29.4 Å². The summed E-state index contributed by atoms with van der Waals surface area (Å²) in [7, 11) is 0. The molecule has 8 heteroatoms. The van der Waals surface area contributed by atoms with E-state index in [1.807, 2.05) is 0 Å². The normalized spacial score (nSPS) is 27.0. The van der Waals surface area contributed by atoms with Gasteiger partial charge < -0.3 is 5.32 Å². The SMILES string of the molecule is CC1CCC2(CC1)NC(=O)N(/N=C\c1ccccc1[N+](=O)[O-])C2=O. The van der Waals surface area contributed by atoms with Crippen LogP contribution in [0.25, 0.3) is 0 Å². The maximum absolute atomic E-state index is 12.6. The van der Waals surface area contributed by atoms with Gasteiger partial charge in [-0.15, -0.1) is 5.01 Å². The van der Waals surface area contributed by atoms with Gasteiger partial charge in [0.25, 0.3) is 11.6 Å². The van der Waals surface area contributed by atoms with Crippen LogP contribution in [-0.2, 0) is 4.79 Å². The van der Waals surface area contributed by atoms with Crippen molar-refractivity contribution in [1.29, 1.82) is 0 Å². The minimum Gasteiger partial charge on any atom is -0.321 e. The van der Waals surface area contributed by atoms with Crippen molar-refractivity contribution in [2.45, 2.75) is 38.1 Å². The highest BCUT2D eigenvalue weighted by Gasteiger charge is 2.52. The number of nitro groups is 1. The summed E-state index contributed by atoms with van der Waals surface area (Å²) in [4.78, 5) is 35.2. The predicted molar refractivity (Wildman–Crippen MR) is 86.4 cm³/mol. The van der Waals surface area contributed by atoms with Crippen LogP contribution in [0.3, 0.4) is 0 Å². The number of nitrogens with one attached hydrogen (secondary N) is 1. The number of benzene rings is 1. The molecule has 0 bridgehead atoms. The fourth-order valence-electron chi connectivity index (χ4n) is 3.19. The predicted octanol–water partition coefficient (Wildman–Crippen LogP) is 2.43. The molecule has 1 aromatic rings. The smallest absolute Gasteiger partial charge is 0.321 e. The number of imide groups is 1. The van der Waals surface area contributed by atoms with Crippen molar-refractivity contribution in [3.63, 3.8) is 0 Å². The topological polar surface area (TPSA) is 105 Å². The number of carbonyl (C=O) groups is 2. The summed E-state index contributed by atoms with van der Waals surface area (Å²) in [5.41, 5.74) is -0.764. The lowest BCUT2D eigenvalue weighted by molar-refractivity contribution is -0.385. The molecule has 3 rings (SSSR count). The zero-order valence-electron chi connectivity index (χ0n) is 13.3. The van der Waals surface area contributed by atoms with E-state index in [1.165, 1.54) is 18.3 Å². The van der Waals surface area contributed by atoms with Crippen LogP contribution in [0.4, 0.5) is 10.5 Å². The van der Waals surface area contributed by atoms with Crippen molar-refractivity contribution >= 4 is 23.8 Å². The Morgan fingerprint density at radius 3 is 2.67 bits per heavy atom. The number of urea groups is 1. The third-order valence-electron chi connectivity index (χ3n) is 4.71. The fourth-order valence-corrected chi connectivity index (χ4v) is 3.19. The summed E-state index contributed by atoms with van der Waals surface area (Å²) < 4.78 is 0. The number of nitro benzene ring substituents is 1. The van der Waals surface area contributed by atoms with Gasteiger partial charge >= 0.3 is 6.03 Å². The lowest BCUT2D eigenvalue weighted by Gasteiger charge is -2.33. The van der Waals surface area contributed by atoms with Gasteiger partial charge in [-0.2, -0.15) is 5.10 Å². The molecule has 0 aromatic heterocycles. The van der Waals surface area contributed by atoms with Gasteiger partial charge in [0.2, 0.25) is 0 Å². The van der Waals surface area contributed by atoms with Crippen LogP contribution in [-0.4, -0.2) is 33.6 Å². The molecule has 0 radical (unpaired) electrons. The highest BCUT2D eigenvalue weighted by atomic mass is 16.6. The fraction of sp³-hybridized carbons (Fsp3) is 0.438. The average Bonchev–Trinajstić information content (AvgIpc) is 2.79. The molecule has 1 saturated carbocycles. The summed E-state index contributed by atoms with van der Waals surface area (Å²) in [6.45, 7) is 2.12. The molecule has 1 aromatic carbocycles. The van der Waals surface area contributed by atoms with Crippen molar-refractivity contribution in [3.8, 4) is 0 Å². The second kappa shape index (κ2) is 6.03. The molecule has 1 aliphatic carbocycles. The van der Waals surface area contributed by atoms with E-state index in [2.05, 4.69) is 17.3 Å². The van der Waals surface area contributed by atoms with Gasteiger partial charge in [-0.3, -0.25) is 14.9 Å². The minimum atomic E-state index is -0.871. The first-order valence-corrected chi connectivity index (χ1v) is 7.87. The van der Waals surface area contributed by atoms with Crippen molar-refractivity contribution in [3.05, 3.63) is 39.9 Å². The number of carbonyl (C=O) groups excluding carboxylic acids is 2. The Hall–Kier alpha value is -2.77. The molecule has 0 atom stereocenters.